The summed E-state index contributed by atoms with van der Waals surface area (Å²) in [5.74, 6) is -2.11. The Morgan fingerprint density at radius 1 is 1.00 bits per heavy atom. The first kappa shape index (κ1) is 11.4. The topological polar surface area (TPSA) is 74.6 Å². The lowest BCUT2D eigenvalue weighted by Crippen LogP contribution is -2.01. The van der Waals surface area contributed by atoms with Gasteiger partial charge in [-0.2, -0.15) is 0 Å². The average Bonchev–Trinajstić information content (AvgIpc) is 2.00. The van der Waals surface area contributed by atoms with Gasteiger partial charge < -0.3 is 10.2 Å². The minimum absolute atomic E-state index is 0.162. The summed E-state index contributed by atoms with van der Waals surface area (Å²) in [5, 5.41) is 17.0. The quantitative estimate of drug-likeness (QED) is 0.514. The van der Waals surface area contributed by atoms with Gasteiger partial charge >= 0.3 is 11.9 Å². The Labute approximate surface area is 76.2 Å². The van der Waals surface area contributed by atoms with E-state index < -0.39 is 11.9 Å². The van der Waals surface area contributed by atoms with E-state index in [2.05, 4.69) is 0 Å². The van der Waals surface area contributed by atoms with E-state index in [0.29, 0.717) is 11.1 Å². The van der Waals surface area contributed by atoms with Crippen LogP contribution in [0.15, 0.2) is 22.8 Å². The van der Waals surface area contributed by atoms with Gasteiger partial charge in [0, 0.05) is 11.6 Å². The van der Waals surface area contributed by atoms with Gasteiger partial charge in [-0.15, -0.1) is 0 Å². The Balaban J connectivity index is 4.99. The molecular formula is C9H12O4. The summed E-state index contributed by atoms with van der Waals surface area (Å²) in [5.41, 5.74) is 1.09. The van der Waals surface area contributed by atoms with Crippen LogP contribution in [0.4, 0.5) is 0 Å². The lowest BCUT2D eigenvalue weighted by molar-refractivity contribution is -0.133. The number of hydrogen-bond acceptors (Lipinski definition) is 2. The highest BCUT2D eigenvalue weighted by atomic mass is 16.4. The number of carboxylic acid groups (broad SMARTS) is 2. The molecule has 0 heterocycles. The minimum Gasteiger partial charge on any atom is -0.478 e. The normalized spacial score (nSPS) is 13.6. The standard InChI is InChI=1S/C9H12O4/c1-5(4-8(10)11)6(2)7(3)9(12)13/h4H,1-3H3,(H,10,11)(H,12,13)/b5-4+,7-6+. The molecule has 72 valence electrons. The van der Waals surface area contributed by atoms with Gasteiger partial charge in [-0.05, 0) is 31.9 Å². The third-order valence-corrected chi connectivity index (χ3v) is 1.81. The molecule has 0 bridgehead atoms. The Morgan fingerprint density at radius 3 is 1.77 bits per heavy atom. The van der Waals surface area contributed by atoms with E-state index in [0.717, 1.165) is 6.08 Å². The molecule has 4 heteroatoms. The predicted octanol–water partition coefficient (Wildman–Crippen LogP) is 1.44. The molecule has 0 fully saturated rings. The van der Waals surface area contributed by atoms with E-state index in [1.807, 2.05) is 0 Å². The monoisotopic (exact) mass is 184 g/mol. The van der Waals surface area contributed by atoms with Gasteiger partial charge in [-0.25, -0.2) is 9.59 Å². The molecule has 0 aliphatic heterocycles. The first-order chi connectivity index (χ1) is 5.86. The van der Waals surface area contributed by atoms with Gasteiger partial charge in [0.1, 0.15) is 0 Å². The van der Waals surface area contributed by atoms with Gasteiger partial charge in [0.05, 0.1) is 0 Å². The molecule has 0 spiro atoms. The maximum absolute atomic E-state index is 10.5. The van der Waals surface area contributed by atoms with E-state index >= 15 is 0 Å². The SMILES string of the molecule is CC(=C\C(=O)O)/C(C)=C(\C)C(=O)O. The fourth-order valence-electron chi connectivity index (χ4n) is 0.750. The van der Waals surface area contributed by atoms with E-state index in [1.54, 1.807) is 13.8 Å². The van der Waals surface area contributed by atoms with Crippen molar-refractivity contribution in [2.75, 3.05) is 0 Å². The van der Waals surface area contributed by atoms with E-state index in [-0.39, 0.29) is 5.57 Å². The van der Waals surface area contributed by atoms with Crippen LogP contribution in [0.3, 0.4) is 0 Å². The van der Waals surface area contributed by atoms with Crippen molar-refractivity contribution in [3.05, 3.63) is 22.8 Å². The molecule has 0 aromatic heterocycles. The number of allylic oxidation sites excluding steroid dienone is 2. The van der Waals surface area contributed by atoms with Gasteiger partial charge in [-0.3, -0.25) is 0 Å². The molecule has 0 amide bonds. The second-order valence-corrected chi connectivity index (χ2v) is 2.72. The molecule has 0 radical (unpaired) electrons. The molecule has 0 atom stereocenters. The predicted molar refractivity (Wildman–Crippen MR) is 47.4 cm³/mol. The van der Waals surface area contributed by atoms with Crippen LogP contribution < -0.4 is 0 Å². The average molecular weight is 184 g/mol. The van der Waals surface area contributed by atoms with Crippen molar-refractivity contribution < 1.29 is 19.8 Å². The van der Waals surface area contributed by atoms with Crippen LogP contribution in [0.5, 0.6) is 0 Å². The van der Waals surface area contributed by atoms with Crippen LogP contribution in [0.2, 0.25) is 0 Å². The smallest absolute Gasteiger partial charge is 0.331 e. The number of carbonyl (C=O) groups is 2. The minimum atomic E-state index is -1.07. The zero-order chi connectivity index (χ0) is 10.6. The van der Waals surface area contributed by atoms with Crippen molar-refractivity contribution in [3.8, 4) is 0 Å². The third-order valence-electron chi connectivity index (χ3n) is 1.81. The second-order valence-electron chi connectivity index (χ2n) is 2.72. The van der Waals surface area contributed by atoms with Gasteiger partial charge in [0.25, 0.3) is 0 Å². The summed E-state index contributed by atoms with van der Waals surface area (Å²) in [7, 11) is 0. The molecule has 0 aromatic rings. The first-order valence-electron chi connectivity index (χ1n) is 3.68. The third kappa shape index (κ3) is 3.55. The molecule has 0 aliphatic rings. The fourth-order valence-corrected chi connectivity index (χ4v) is 0.750. The lowest BCUT2D eigenvalue weighted by Gasteiger charge is -2.02. The Hall–Kier alpha value is -1.58. The number of carboxylic acids is 2. The molecule has 0 saturated heterocycles. The van der Waals surface area contributed by atoms with Crippen LogP contribution in [-0.2, 0) is 9.59 Å². The summed E-state index contributed by atoms with van der Waals surface area (Å²) in [6, 6.07) is 0. The largest absolute Gasteiger partial charge is 0.478 e. The van der Waals surface area contributed by atoms with Crippen molar-refractivity contribution in [1.82, 2.24) is 0 Å². The summed E-state index contributed by atoms with van der Waals surface area (Å²) in [6.07, 6.45) is 0.988. The molecule has 0 saturated carbocycles. The summed E-state index contributed by atoms with van der Waals surface area (Å²) < 4.78 is 0. The summed E-state index contributed by atoms with van der Waals surface area (Å²) in [4.78, 5) is 20.8. The van der Waals surface area contributed by atoms with Crippen LogP contribution in [0.1, 0.15) is 20.8 Å². The van der Waals surface area contributed by atoms with Gasteiger partial charge in [0.15, 0.2) is 0 Å². The Kier molecular flexibility index (Phi) is 3.91. The fraction of sp³-hybridized carbons (Fsp3) is 0.333. The molecule has 13 heavy (non-hydrogen) atoms. The lowest BCUT2D eigenvalue weighted by atomic mass is 10.0. The van der Waals surface area contributed by atoms with E-state index in [9.17, 15) is 9.59 Å². The maximum Gasteiger partial charge on any atom is 0.331 e. The first-order valence-corrected chi connectivity index (χ1v) is 3.68. The van der Waals surface area contributed by atoms with Crippen LogP contribution in [0, 0.1) is 0 Å². The van der Waals surface area contributed by atoms with Crippen molar-refractivity contribution in [3.63, 3.8) is 0 Å². The second kappa shape index (κ2) is 4.45. The molecule has 0 rings (SSSR count). The summed E-state index contributed by atoms with van der Waals surface area (Å²) in [6.45, 7) is 4.59. The van der Waals surface area contributed by atoms with Gasteiger partial charge in [-0.1, -0.05) is 0 Å². The van der Waals surface area contributed by atoms with Crippen LogP contribution >= 0.6 is 0 Å². The zero-order valence-electron chi connectivity index (χ0n) is 7.79. The molecule has 0 aromatic carbocycles. The van der Waals surface area contributed by atoms with Gasteiger partial charge in [0.2, 0.25) is 0 Å². The highest BCUT2D eigenvalue weighted by Gasteiger charge is 2.07. The van der Waals surface area contributed by atoms with Crippen LogP contribution in [-0.4, -0.2) is 22.2 Å². The number of hydrogen-bond donors (Lipinski definition) is 2. The molecule has 0 aliphatic carbocycles. The molecule has 4 nitrogen and oxygen atoms in total. The number of aliphatic carboxylic acids is 2. The Bertz CT molecular complexity index is 297. The number of rotatable bonds is 3. The van der Waals surface area contributed by atoms with E-state index in [4.69, 9.17) is 10.2 Å². The zero-order valence-corrected chi connectivity index (χ0v) is 7.79. The van der Waals surface area contributed by atoms with Crippen molar-refractivity contribution in [1.29, 1.82) is 0 Å². The van der Waals surface area contributed by atoms with Crippen molar-refractivity contribution in [2.45, 2.75) is 20.8 Å². The maximum atomic E-state index is 10.5. The highest BCUT2D eigenvalue weighted by Crippen LogP contribution is 2.13. The van der Waals surface area contributed by atoms with E-state index in [1.165, 1.54) is 6.92 Å². The van der Waals surface area contributed by atoms with Crippen molar-refractivity contribution in [2.24, 2.45) is 0 Å². The molecule has 0 unspecified atom stereocenters. The molecule has 2 N–H and O–H groups in total. The van der Waals surface area contributed by atoms with Crippen molar-refractivity contribution >= 4 is 11.9 Å². The molecular weight excluding hydrogens is 172 g/mol. The van der Waals surface area contributed by atoms with Crippen LogP contribution in [0.25, 0.3) is 0 Å². The summed E-state index contributed by atoms with van der Waals surface area (Å²) >= 11 is 0. The Morgan fingerprint density at radius 2 is 1.46 bits per heavy atom. The highest BCUT2D eigenvalue weighted by molar-refractivity contribution is 5.88.